The predicted molar refractivity (Wildman–Crippen MR) is 62.1 cm³/mol. The quantitative estimate of drug-likeness (QED) is 0.783. The van der Waals surface area contributed by atoms with Crippen molar-refractivity contribution in [2.75, 3.05) is 18.8 Å². The van der Waals surface area contributed by atoms with Crippen LogP contribution in [-0.4, -0.2) is 58.2 Å². The van der Waals surface area contributed by atoms with E-state index < -0.39 is 47.7 Å². The van der Waals surface area contributed by atoms with Gasteiger partial charge in [0.15, 0.2) is 5.41 Å². The molecule has 10 heteroatoms. The number of hydrogen-bond acceptors (Lipinski definition) is 4. The minimum absolute atomic E-state index is 0.139. The molecule has 2 unspecified atom stereocenters. The number of carbonyl (C=O) groups is 3. The van der Waals surface area contributed by atoms with Gasteiger partial charge < -0.3 is 15.3 Å². The summed E-state index contributed by atoms with van der Waals surface area (Å²) in [7, 11) is 0. The van der Waals surface area contributed by atoms with Gasteiger partial charge in [-0.1, -0.05) is 11.8 Å². The maximum atomic E-state index is 13.0. The summed E-state index contributed by atoms with van der Waals surface area (Å²) in [6.45, 7) is -1.20. The molecule has 0 aliphatic carbocycles. The van der Waals surface area contributed by atoms with E-state index in [1.165, 1.54) is 0 Å². The van der Waals surface area contributed by atoms with Crippen molar-refractivity contribution in [3.63, 3.8) is 0 Å². The van der Waals surface area contributed by atoms with Crippen molar-refractivity contribution in [1.82, 2.24) is 10.2 Å². The molecule has 2 saturated heterocycles. The van der Waals surface area contributed by atoms with Crippen molar-refractivity contribution in [2.45, 2.75) is 18.6 Å². The normalized spacial score (nSPS) is 30.4. The van der Waals surface area contributed by atoms with Crippen LogP contribution < -0.4 is 5.32 Å². The van der Waals surface area contributed by atoms with Crippen molar-refractivity contribution in [3.05, 3.63) is 0 Å². The van der Waals surface area contributed by atoms with Crippen LogP contribution in [0.3, 0.4) is 0 Å². The Morgan fingerprint density at radius 3 is 2.50 bits per heavy atom. The van der Waals surface area contributed by atoms with Crippen LogP contribution in [0.25, 0.3) is 0 Å². The fraction of sp³-hybridized carbons (Fsp3) is 0.700. The number of nitrogens with zero attached hydrogens (tertiary/aromatic N) is 1. The summed E-state index contributed by atoms with van der Waals surface area (Å²) in [4.78, 5) is 34.8. The molecule has 20 heavy (non-hydrogen) atoms. The minimum Gasteiger partial charge on any atom is -0.481 e. The van der Waals surface area contributed by atoms with E-state index in [0.29, 0.717) is 0 Å². The standard InChI is InChI=1S/C10H11F3N2O4S/c11-10(12,13)9(7(17)18)1-2-15(4-9)6(16)5-3-20-8(19)14-5/h5H,1-4H2,(H,14,19)(H,17,18). The minimum atomic E-state index is -4.93. The van der Waals surface area contributed by atoms with Crippen molar-refractivity contribution in [2.24, 2.45) is 5.41 Å². The van der Waals surface area contributed by atoms with E-state index in [9.17, 15) is 27.6 Å². The number of amides is 2. The van der Waals surface area contributed by atoms with E-state index in [4.69, 9.17) is 5.11 Å². The topological polar surface area (TPSA) is 86.7 Å². The molecule has 2 rings (SSSR count). The number of carboxylic acid groups (broad SMARTS) is 1. The van der Waals surface area contributed by atoms with Gasteiger partial charge in [-0.05, 0) is 6.42 Å². The van der Waals surface area contributed by atoms with Crippen LogP contribution in [0.4, 0.5) is 18.0 Å². The number of rotatable bonds is 2. The van der Waals surface area contributed by atoms with Gasteiger partial charge in [-0.15, -0.1) is 0 Å². The number of halogens is 3. The maximum Gasteiger partial charge on any atom is 0.406 e. The van der Waals surface area contributed by atoms with E-state index in [2.05, 4.69) is 5.32 Å². The molecule has 0 radical (unpaired) electrons. The van der Waals surface area contributed by atoms with Crippen LogP contribution in [-0.2, 0) is 9.59 Å². The van der Waals surface area contributed by atoms with Crippen molar-refractivity contribution in [1.29, 1.82) is 0 Å². The zero-order valence-electron chi connectivity index (χ0n) is 10.1. The largest absolute Gasteiger partial charge is 0.481 e. The number of nitrogens with one attached hydrogen (secondary N) is 1. The molecule has 0 aromatic heterocycles. The highest BCUT2D eigenvalue weighted by Gasteiger charge is 2.64. The summed E-state index contributed by atoms with van der Waals surface area (Å²) in [5.41, 5.74) is -2.92. The third-order valence-corrected chi connectivity index (χ3v) is 4.38. The number of hydrogen-bond donors (Lipinski definition) is 2. The Morgan fingerprint density at radius 1 is 1.45 bits per heavy atom. The van der Waals surface area contributed by atoms with Gasteiger partial charge in [-0.3, -0.25) is 14.4 Å². The van der Waals surface area contributed by atoms with Gasteiger partial charge in [-0.2, -0.15) is 13.2 Å². The Balaban J connectivity index is 2.13. The molecule has 0 aromatic rings. The number of aliphatic carboxylic acids is 1. The van der Waals surface area contributed by atoms with Crippen LogP contribution in [0.5, 0.6) is 0 Å². The predicted octanol–water partition coefficient (Wildman–Crippen LogP) is 0.677. The first-order chi connectivity index (χ1) is 9.17. The lowest BCUT2D eigenvalue weighted by molar-refractivity contribution is -0.227. The second-order valence-corrected chi connectivity index (χ2v) is 5.68. The Kier molecular flexibility index (Phi) is 3.61. The average Bonchev–Trinajstić information content (AvgIpc) is 2.93. The molecular weight excluding hydrogens is 301 g/mol. The van der Waals surface area contributed by atoms with Gasteiger partial charge in [0.2, 0.25) is 5.91 Å². The average molecular weight is 312 g/mol. The lowest BCUT2D eigenvalue weighted by Gasteiger charge is -2.27. The van der Waals surface area contributed by atoms with Gasteiger partial charge in [0.25, 0.3) is 5.24 Å². The zero-order chi connectivity index (χ0) is 15.1. The van der Waals surface area contributed by atoms with Gasteiger partial charge in [0.1, 0.15) is 6.04 Å². The second-order valence-electron chi connectivity index (χ2n) is 4.69. The molecule has 2 aliphatic rings. The third-order valence-electron chi connectivity index (χ3n) is 3.50. The van der Waals surface area contributed by atoms with Gasteiger partial charge in [0, 0.05) is 18.8 Å². The molecule has 2 amide bonds. The van der Waals surface area contributed by atoms with Gasteiger partial charge in [0.05, 0.1) is 0 Å². The first kappa shape index (κ1) is 14.9. The van der Waals surface area contributed by atoms with Crippen LogP contribution in [0.2, 0.25) is 0 Å². The molecule has 6 nitrogen and oxygen atoms in total. The van der Waals surface area contributed by atoms with E-state index >= 15 is 0 Å². The summed E-state index contributed by atoms with van der Waals surface area (Å²) in [6.07, 6.45) is -5.60. The summed E-state index contributed by atoms with van der Waals surface area (Å²) >= 11 is 0.868. The Labute approximate surface area is 115 Å². The lowest BCUT2D eigenvalue weighted by Crippen LogP contribution is -2.50. The van der Waals surface area contributed by atoms with Crippen molar-refractivity contribution in [3.8, 4) is 0 Å². The number of thioether (sulfide) groups is 1. The van der Waals surface area contributed by atoms with E-state index in [1.54, 1.807) is 0 Å². The maximum absolute atomic E-state index is 13.0. The highest BCUT2D eigenvalue weighted by molar-refractivity contribution is 8.14. The lowest BCUT2D eigenvalue weighted by atomic mass is 9.86. The molecule has 2 aliphatic heterocycles. The van der Waals surface area contributed by atoms with Crippen LogP contribution in [0, 0.1) is 5.41 Å². The number of likely N-dealkylation sites (tertiary alicyclic amines) is 1. The van der Waals surface area contributed by atoms with E-state index in [1.807, 2.05) is 0 Å². The van der Waals surface area contributed by atoms with Crippen LogP contribution in [0.15, 0.2) is 0 Å². The first-order valence-electron chi connectivity index (χ1n) is 5.69. The van der Waals surface area contributed by atoms with E-state index in [-0.39, 0.29) is 12.3 Å². The monoisotopic (exact) mass is 312 g/mol. The first-order valence-corrected chi connectivity index (χ1v) is 6.68. The smallest absolute Gasteiger partial charge is 0.406 e. The highest BCUT2D eigenvalue weighted by atomic mass is 32.2. The summed E-state index contributed by atoms with van der Waals surface area (Å²) in [6, 6.07) is -0.884. The fourth-order valence-corrected chi connectivity index (χ4v) is 3.03. The Morgan fingerprint density at radius 2 is 2.10 bits per heavy atom. The summed E-state index contributed by atoms with van der Waals surface area (Å²) in [5.74, 6) is -2.51. The second kappa shape index (κ2) is 4.83. The van der Waals surface area contributed by atoms with Crippen LogP contribution in [0.1, 0.15) is 6.42 Å². The molecule has 2 atom stereocenters. The van der Waals surface area contributed by atoms with Crippen LogP contribution >= 0.6 is 11.8 Å². The molecule has 0 spiro atoms. The fourth-order valence-electron chi connectivity index (χ4n) is 2.26. The summed E-state index contributed by atoms with van der Waals surface area (Å²) < 4.78 is 38.9. The molecule has 0 aromatic carbocycles. The molecule has 112 valence electrons. The molecular formula is C10H11F3N2O4S. The van der Waals surface area contributed by atoms with Gasteiger partial charge >= 0.3 is 12.1 Å². The van der Waals surface area contributed by atoms with Crippen molar-refractivity contribution < 1.29 is 32.7 Å². The molecule has 0 saturated carbocycles. The highest BCUT2D eigenvalue weighted by Crippen LogP contribution is 2.45. The molecule has 2 fully saturated rings. The number of carbonyl (C=O) groups excluding carboxylic acids is 2. The summed E-state index contributed by atoms with van der Waals surface area (Å²) in [5, 5.41) is 10.8. The van der Waals surface area contributed by atoms with Gasteiger partial charge in [-0.25, -0.2) is 0 Å². The molecule has 2 N–H and O–H groups in total. The number of carboxylic acids is 1. The zero-order valence-corrected chi connectivity index (χ0v) is 10.9. The SMILES string of the molecule is O=C1NC(C(=O)N2CCC(C(=O)O)(C(F)(F)F)C2)CS1. The Bertz CT molecular complexity index is 470. The van der Waals surface area contributed by atoms with E-state index in [0.717, 1.165) is 16.7 Å². The number of alkyl halides is 3. The molecule has 2 heterocycles. The molecule has 0 bridgehead atoms. The third kappa shape index (κ3) is 2.32. The van der Waals surface area contributed by atoms with Crippen molar-refractivity contribution >= 4 is 28.9 Å². The Hall–Kier alpha value is -1.45.